The highest BCUT2D eigenvalue weighted by molar-refractivity contribution is 9.10. The van der Waals surface area contributed by atoms with E-state index in [0.29, 0.717) is 0 Å². The Morgan fingerprint density at radius 3 is 2.52 bits per heavy atom. The quantitative estimate of drug-likeness (QED) is 0.486. The Bertz CT molecular complexity index is 1010. The van der Waals surface area contributed by atoms with E-state index >= 15 is 0 Å². The van der Waals surface area contributed by atoms with E-state index in [1.807, 2.05) is 0 Å². The van der Waals surface area contributed by atoms with E-state index in [1.54, 1.807) is 0 Å². The highest BCUT2D eigenvalue weighted by Crippen LogP contribution is 2.27. The first-order chi connectivity index (χ1) is 11.1. The summed E-state index contributed by atoms with van der Waals surface area (Å²) in [6.45, 7) is 4.20. The van der Waals surface area contributed by atoms with Gasteiger partial charge in [-0.2, -0.15) is 0 Å². The second-order valence-electron chi connectivity index (χ2n) is 6.11. The van der Waals surface area contributed by atoms with Crippen molar-refractivity contribution in [2.45, 2.75) is 20.3 Å². The zero-order chi connectivity index (χ0) is 16.0. The summed E-state index contributed by atoms with van der Waals surface area (Å²) in [6.07, 6.45) is 0.903. The summed E-state index contributed by atoms with van der Waals surface area (Å²) in [7, 11) is 0. The molecule has 2 heterocycles. The molecule has 3 heteroatoms. The van der Waals surface area contributed by atoms with Crippen LogP contribution in [0, 0.1) is 13.8 Å². The number of nitrogens with one attached hydrogen (secondary N) is 1. The first-order valence-electron chi connectivity index (χ1n) is 7.73. The third-order valence-electron chi connectivity index (χ3n) is 4.34. The SMILES string of the molecule is Cc1ccc2c(c1)[nH]c1nc(C)c(Cc3ccc(Br)cc3)cc12. The number of hydrogen-bond acceptors (Lipinski definition) is 1. The fourth-order valence-corrected chi connectivity index (χ4v) is 3.34. The minimum absolute atomic E-state index is 0.903. The summed E-state index contributed by atoms with van der Waals surface area (Å²) in [5.74, 6) is 0. The molecule has 114 valence electrons. The number of rotatable bonds is 2. The van der Waals surface area contributed by atoms with Crippen molar-refractivity contribution in [2.75, 3.05) is 0 Å². The van der Waals surface area contributed by atoms with Gasteiger partial charge in [0, 0.05) is 26.5 Å². The molecule has 1 N–H and O–H groups in total. The molecular formula is C20H17BrN2. The van der Waals surface area contributed by atoms with E-state index in [1.165, 1.54) is 27.5 Å². The second kappa shape index (κ2) is 5.50. The van der Waals surface area contributed by atoms with Crippen LogP contribution in [0.3, 0.4) is 0 Å². The van der Waals surface area contributed by atoms with Crippen LogP contribution >= 0.6 is 15.9 Å². The van der Waals surface area contributed by atoms with Gasteiger partial charge in [-0.3, -0.25) is 0 Å². The van der Waals surface area contributed by atoms with Crippen LogP contribution in [0.5, 0.6) is 0 Å². The van der Waals surface area contributed by atoms with Crippen molar-refractivity contribution in [1.29, 1.82) is 0 Å². The third-order valence-corrected chi connectivity index (χ3v) is 4.87. The average Bonchev–Trinajstić information content (AvgIpc) is 2.86. The number of aromatic amines is 1. The molecule has 0 aliphatic rings. The maximum Gasteiger partial charge on any atom is 0.138 e. The number of H-pyrrole nitrogens is 1. The minimum atomic E-state index is 0.903. The number of nitrogens with zero attached hydrogens (tertiary/aromatic N) is 1. The lowest BCUT2D eigenvalue weighted by molar-refractivity contribution is 1.10. The van der Waals surface area contributed by atoms with E-state index in [-0.39, 0.29) is 0 Å². The first kappa shape index (κ1) is 14.5. The lowest BCUT2D eigenvalue weighted by Gasteiger charge is -2.06. The molecule has 0 spiro atoms. The molecule has 2 aromatic carbocycles. The molecule has 2 aromatic heterocycles. The number of pyridine rings is 1. The number of halogens is 1. The molecule has 4 rings (SSSR count). The standard InChI is InChI=1S/C20H17BrN2/c1-12-3-8-17-18-11-15(10-14-4-6-16(21)7-5-14)13(2)22-20(18)23-19(17)9-12/h3-9,11H,10H2,1-2H3,(H,22,23). The van der Waals surface area contributed by atoms with Gasteiger partial charge >= 0.3 is 0 Å². The molecule has 0 amide bonds. The average molecular weight is 365 g/mol. The summed E-state index contributed by atoms with van der Waals surface area (Å²) >= 11 is 3.49. The molecule has 0 unspecified atom stereocenters. The summed E-state index contributed by atoms with van der Waals surface area (Å²) in [4.78, 5) is 8.23. The van der Waals surface area contributed by atoms with Gasteiger partial charge in [0.15, 0.2) is 0 Å². The maximum atomic E-state index is 4.79. The Balaban J connectivity index is 1.84. The zero-order valence-corrected chi connectivity index (χ0v) is 14.7. The normalized spacial score (nSPS) is 11.4. The van der Waals surface area contributed by atoms with Crippen molar-refractivity contribution in [2.24, 2.45) is 0 Å². The molecule has 2 nitrogen and oxygen atoms in total. The maximum absolute atomic E-state index is 4.79. The Hall–Kier alpha value is -2.13. The molecule has 0 radical (unpaired) electrons. The number of fused-ring (bicyclic) bond motifs is 3. The number of aryl methyl sites for hydroxylation is 2. The molecule has 0 saturated carbocycles. The van der Waals surface area contributed by atoms with Gasteiger partial charge in [0.25, 0.3) is 0 Å². The summed E-state index contributed by atoms with van der Waals surface area (Å²) < 4.78 is 1.11. The summed E-state index contributed by atoms with van der Waals surface area (Å²) in [5, 5.41) is 2.45. The fraction of sp³-hybridized carbons (Fsp3) is 0.150. The van der Waals surface area contributed by atoms with Crippen LogP contribution in [0.15, 0.2) is 53.0 Å². The van der Waals surface area contributed by atoms with E-state index in [2.05, 4.69) is 83.3 Å². The highest BCUT2D eigenvalue weighted by Gasteiger charge is 2.10. The third kappa shape index (κ3) is 2.66. The van der Waals surface area contributed by atoms with E-state index in [9.17, 15) is 0 Å². The smallest absolute Gasteiger partial charge is 0.138 e. The van der Waals surface area contributed by atoms with E-state index in [0.717, 1.165) is 27.8 Å². The van der Waals surface area contributed by atoms with Crippen molar-refractivity contribution in [3.05, 3.63) is 75.4 Å². The van der Waals surface area contributed by atoms with Crippen molar-refractivity contribution in [3.63, 3.8) is 0 Å². The van der Waals surface area contributed by atoms with Crippen molar-refractivity contribution >= 4 is 37.9 Å². The topological polar surface area (TPSA) is 28.7 Å². The van der Waals surface area contributed by atoms with Gasteiger partial charge in [0.2, 0.25) is 0 Å². The van der Waals surface area contributed by atoms with Gasteiger partial charge in [0.05, 0.1) is 0 Å². The van der Waals surface area contributed by atoms with Crippen LogP contribution in [-0.4, -0.2) is 9.97 Å². The van der Waals surface area contributed by atoms with Gasteiger partial charge in [-0.05, 0) is 61.2 Å². The molecule has 0 bridgehead atoms. The van der Waals surface area contributed by atoms with Crippen LogP contribution in [-0.2, 0) is 6.42 Å². The zero-order valence-electron chi connectivity index (χ0n) is 13.2. The van der Waals surface area contributed by atoms with Crippen LogP contribution in [0.4, 0.5) is 0 Å². The summed E-state index contributed by atoms with van der Waals surface area (Å²) in [6, 6.07) is 17.3. The number of aromatic nitrogens is 2. The van der Waals surface area contributed by atoms with E-state index < -0.39 is 0 Å². The largest absolute Gasteiger partial charge is 0.339 e. The van der Waals surface area contributed by atoms with Gasteiger partial charge in [0.1, 0.15) is 5.65 Å². The lowest BCUT2D eigenvalue weighted by Crippen LogP contribution is -1.95. The molecule has 0 fully saturated rings. The van der Waals surface area contributed by atoms with Gasteiger partial charge in [-0.25, -0.2) is 4.98 Å². The Morgan fingerprint density at radius 2 is 1.74 bits per heavy atom. The van der Waals surface area contributed by atoms with Gasteiger partial charge in [-0.15, -0.1) is 0 Å². The van der Waals surface area contributed by atoms with Gasteiger partial charge < -0.3 is 4.98 Å². The van der Waals surface area contributed by atoms with Crippen LogP contribution in [0.1, 0.15) is 22.4 Å². The Morgan fingerprint density at radius 1 is 0.957 bits per heavy atom. The molecule has 0 atom stereocenters. The van der Waals surface area contributed by atoms with Crippen LogP contribution in [0.2, 0.25) is 0 Å². The van der Waals surface area contributed by atoms with Crippen LogP contribution in [0.25, 0.3) is 21.9 Å². The predicted octanol–water partition coefficient (Wildman–Crippen LogP) is 5.69. The summed E-state index contributed by atoms with van der Waals surface area (Å²) in [5.41, 5.74) is 7.06. The first-order valence-corrected chi connectivity index (χ1v) is 8.52. The molecule has 4 aromatic rings. The molecule has 0 aliphatic carbocycles. The molecule has 0 saturated heterocycles. The Labute approximate surface area is 143 Å². The van der Waals surface area contributed by atoms with Crippen molar-refractivity contribution in [1.82, 2.24) is 9.97 Å². The Kier molecular flexibility index (Phi) is 3.46. The predicted molar refractivity (Wildman–Crippen MR) is 100 cm³/mol. The highest BCUT2D eigenvalue weighted by atomic mass is 79.9. The minimum Gasteiger partial charge on any atom is -0.339 e. The number of benzene rings is 2. The fourth-order valence-electron chi connectivity index (χ4n) is 3.07. The number of hydrogen-bond donors (Lipinski definition) is 1. The van der Waals surface area contributed by atoms with Crippen molar-refractivity contribution in [3.8, 4) is 0 Å². The lowest BCUT2D eigenvalue weighted by atomic mass is 10.0. The van der Waals surface area contributed by atoms with Crippen LogP contribution < -0.4 is 0 Å². The van der Waals surface area contributed by atoms with Gasteiger partial charge in [-0.1, -0.05) is 40.2 Å². The molecule has 23 heavy (non-hydrogen) atoms. The van der Waals surface area contributed by atoms with Crippen molar-refractivity contribution < 1.29 is 0 Å². The molecular weight excluding hydrogens is 348 g/mol. The monoisotopic (exact) mass is 364 g/mol. The van der Waals surface area contributed by atoms with E-state index in [4.69, 9.17) is 4.98 Å². The molecule has 0 aliphatic heterocycles. The second-order valence-corrected chi connectivity index (χ2v) is 7.02.